The molecule has 4 rings (SSSR count). The van der Waals surface area contributed by atoms with Crippen LogP contribution in [0.3, 0.4) is 0 Å². The lowest BCUT2D eigenvalue weighted by atomic mass is 9.97. The molecule has 0 bridgehead atoms. The number of Topliss-reactive ketones (excluding diaryl/α,β-unsaturated/α-hetero) is 1. The first-order valence-corrected chi connectivity index (χ1v) is 11.2. The Hall–Kier alpha value is -3.12. The molecule has 0 saturated heterocycles. The van der Waals surface area contributed by atoms with Crippen molar-refractivity contribution in [1.29, 1.82) is 0 Å². The molecule has 158 valence electrons. The number of fused-ring (bicyclic) bond motifs is 1. The van der Waals surface area contributed by atoms with Crippen LogP contribution >= 0.6 is 11.8 Å². The lowest BCUT2D eigenvalue weighted by Gasteiger charge is -2.13. The third-order valence-electron chi connectivity index (χ3n) is 5.31. The third kappa shape index (κ3) is 4.97. The zero-order chi connectivity index (χ0) is 21.8. The number of thioether (sulfide) groups is 1. The minimum Gasteiger partial charge on any atom is -0.483 e. The van der Waals surface area contributed by atoms with Gasteiger partial charge < -0.3 is 10.1 Å². The molecule has 0 radical (unpaired) electrons. The maximum atomic E-state index is 12.4. The largest absolute Gasteiger partial charge is 0.483 e. The number of aryl methyl sites for hydroxylation is 1. The fourth-order valence-corrected chi connectivity index (χ4v) is 4.69. The third-order valence-corrected chi connectivity index (χ3v) is 6.40. The van der Waals surface area contributed by atoms with E-state index in [2.05, 4.69) is 10.3 Å². The van der Waals surface area contributed by atoms with Gasteiger partial charge in [0, 0.05) is 35.2 Å². The maximum Gasteiger partial charge on any atom is 0.262 e. The molecule has 6 heteroatoms. The summed E-state index contributed by atoms with van der Waals surface area (Å²) in [4.78, 5) is 30.0. The van der Waals surface area contributed by atoms with Crippen LogP contribution in [0.5, 0.6) is 5.75 Å². The summed E-state index contributed by atoms with van der Waals surface area (Å²) in [7, 11) is 0. The van der Waals surface area contributed by atoms with Gasteiger partial charge in [0.1, 0.15) is 5.75 Å². The van der Waals surface area contributed by atoms with Gasteiger partial charge in [-0.05, 0) is 65.9 Å². The second-order valence-electron chi connectivity index (χ2n) is 7.71. The molecule has 3 aromatic rings. The summed E-state index contributed by atoms with van der Waals surface area (Å²) in [6.45, 7) is 3.91. The number of amides is 1. The van der Waals surface area contributed by atoms with E-state index in [-0.39, 0.29) is 24.2 Å². The van der Waals surface area contributed by atoms with E-state index in [9.17, 15) is 9.59 Å². The topological polar surface area (TPSA) is 68.3 Å². The molecule has 1 amide bonds. The second-order valence-corrected chi connectivity index (χ2v) is 8.76. The van der Waals surface area contributed by atoms with E-state index in [0.717, 1.165) is 27.3 Å². The number of hydrogen-bond acceptors (Lipinski definition) is 5. The van der Waals surface area contributed by atoms with E-state index in [1.807, 2.05) is 62.5 Å². The molecule has 1 aliphatic rings. The Morgan fingerprint density at radius 2 is 2.00 bits per heavy atom. The average molecular weight is 433 g/mol. The van der Waals surface area contributed by atoms with E-state index in [1.54, 1.807) is 24.0 Å². The molecule has 0 saturated carbocycles. The summed E-state index contributed by atoms with van der Waals surface area (Å²) < 4.78 is 5.72. The smallest absolute Gasteiger partial charge is 0.262 e. The Labute approximate surface area is 186 Å². The van der Waals surface area contributed by atoms with Crippen LogP contribution in [0.4, 0.5) is 5.69 Å². The zero-order valence-corrected chi connectivity index (χ0v) is 18.4. The van der Waals surface area contributed by atoms with Crippen LogP contribution < -0.4 is 10.1 Å². The van der Waals surface area contributed by atoms with Crippen LogP contribution in [0, 0.1) is 6.92 Å². The minimum absolute atomic E-state index is 0.0842. The average Bonchev–Trinajstić information content (AvgIpc) is 3.08. The van der Waals surface area contributed by atoms with Crippen LogP contribution in [0.1, 0.15) is 46.3 Å². The number of hydrogen-bond donors (Lipinski definition) is 1. The number of carbonyl (C=O) groups excluding carboxylic acids is 2. The Morgan fingerprint density at radius 3 is 2.74 bits per heavy atom. The highest BCUT2D eigenvalue weighted by molar-refractivity contribution is 7.98. The summed E-state index contributed by atoms with van der Waals surface area (Å²) in [5.41, 5.74) is 4.64. The number of nitrogens with zero attached hydrogens (tertiary/aromatic N) is 1. The number of anilines is 1. The molecule has 0 spiro atoms. The van der Waals surface area contributed by atoms with Gasteiger partial charge in [-0.3, -0.25) is 14.6 Å². The monoisotopic (exact) mass is 432 g/mol. The summed E-state index contributed by atoms with van der Waals surface area (Å²) in [6, 6.07) is 15.4. The van der Waals surface area contributed by atoms with Crippen LogP contribution in [0.25, 0.3) is 0 Å². The van der Waals surface area contributed by atoms with Crippen molar-refractivity contribution in [2.24, 2.45) is 0 Å². The molecule has 1 unspecified atom stereocenters. The van der Waals surface area contributed by atoms with Gasteiger partial charge in [-0.1, -0.05) is 19.1 Å². The van der Waals surface area contributed by atoms with Crippen LogP contribution in [-0.2, 0) is 10.5 Å². The van der Waals surface area contributed by atoms with Gasteiger partial charge in [0.2, 0.25) is 0 Å². The normalized spacial score (nSPS) is 14.9. The fourth-order valence-electron chi connectivity index (χ4n) is 3.85. The molecule has 1 aromatic heterocycles. The van der Waals surface area contributed by atoms with E-state index in [4.69, 9.17) is 4.74 Å². The zero-order valence-electron chi connectivity index (χ0n) is 17.6. The molecule has 1 atom stereocenters. The Bertz CT molecular complexity index is 1100. The first-order chi connectivity index (χ1) is 15.0. The first-order valence-electron chi connectivity index (χ1n) is 10.2. The number of pyridine rings is 1. The number of ether oxygens (including phenoxy) is 1. The molecule has 31 heavy (non-hydrogen) atoms. The van der Waals surface area contributed by atoms with E-state index in [0.29, 0.717) is 23.4 Å². The summed E-state index contributed by atoms with van der Waals surface area (Å²) >= 11 is 1.71. The van der Waals surface area contributed by atoms with Crippen molar-refractivity contribution >= 4 is 29.1 Å². The second kappa shape index (κ2) is 9.35. The van der Waals surface area contributed by atoms with Gasteiger partial charge in [0.15, 0.2) is 12.4 Å². The molecular weight excluding hydrogens is 408 g/mol. The number of carbonyl (C=O) groups is 2. The molecule has 5 nitrogen and oxygen atoms in total. The van der Waals surface area contributed by atoms with Gasteiger partial charge in [0.05, 0.1) is 5.56 Å². The fraction of sp³-hybridized carbons (Fsp3) is 0.240. The van der Waals surface area contributed by atoms with Crippen molar-refractivity contribution in [3.8, 4) is 5.75 Å². The highest BCUT2D eigenvalue weighted by atomic mass is 32.2. The van der Waals surface area contributed by atoms with Gasteiger partial charge in [-0.25, -0.2) is 0 Å². The Morgan fingerprint density at radius 1 is 1.19 bits per heavy atom. The van der Waals surface area contributed by atoms with Crippen molar-refractivity contribution in [2.75, 3.05) is 11.9 Å². The van der Waals surface area contributed by atoms with Gasteiger partial charge in [-0.15, -0.1) is 11.8 Å². The van der Waals surface area contributed by atoms with Crippen LogP contribution in [0.15, 0.2) is 65.8 Å². The summed E-state index contributed by atoms with van der Waals surface area (Å²) in [6.07, 6.45) is 4.12. The van der Waals surface area contributed by atoms with E-state index in [1.165, 1.54) is 0 Å². The SMILES string of the molecule is Cc1ccc(OCC(=O)Nc2ccc(SCc3cccnc3)cc2)c2c1C(C)CC2=O. The predicted octanol–water partition coefficient (Wildman–Crippen LogP) is 5.39. The van der Waals surface area contributed by atoms with Gasteiger partial charge in [-0.2, -0.15) is 0 Å². The van der Waals surface area contributed by atoms with Gasteiger partial charge >= 0.3 is 0 Å². The maximum absolute atomic E-state index is 12.4. The van der Waals surface area contributed by atoms with Crippen molar-refractivity contribution in [1.82, 2.24) is 4.98 Å². The molecule has 0 aliphatic heterocycles. The highest BCUT2D eigenvalue weighted by Gasteiger charge is 2.31. The molecule has 1 heterocycles. The quantitative estimate of drug-likeness (QED) is 0.507. The molecule has 1 aliphatic carbocycles. The number of aromatic nitrogens is 1. The minimum atomic E-state index is -0.261. The van der Waals surface area contributed by atoms with Gasteiger partial charge in [0.25, 0.3) is 5.91 Å². The van der Waals surface area contributed by atoms with E-state index >= 15 is 0 Å². The molecule has 0 fully saturated rings. The number of benzene rings is 2. The number of rotatable bonds is 7. The standard InChI is InChI=1S/C25H24N2O3S/c1-16-5-10-22(25-21(28)12-17(2)24(16)25)30-14-23(29)27-19-6-8-20(9-7-19)31-15-18-4-3-11-26-13-18/h3-11,13,17H,12,14-15H2,1-2H3,(H,27,29). The van der Waals surface area contributed by atoms with E-state index < -0.39 is 0 Å². The van der Waals surface area contributed by atoms with Crippen molar-refractivity contribution in [2.45, 2.75) is 36.8 Å². The van der Waals surface area contributed by atoms with Crippen LogP contribution in [-0.4, -0.2) is 23.3 Å². The molecule has 1 N–H and O–H groups in total. The Balaban J connectivity index is 1.32. The molecule has 2 aromatic carbocycles. The predicted molar refractivity (Wildman–Crippen MR) is 123 cm³/mol. The highest BCUT2D eigenvalue weighted by Crippen LogP contribution is 2.40. The summed E-state index contributed by atoms with van der Waals surface area (Å²) in [5.74, 6) is 1.34. The van der Waals surface area contributed by atoms with Crippen molar-refractivity contribution in [3.63, 3.8) is 0 Å². The lowest BCUT2D eigenvalue weighted by molar-refractivity contribution is -0.118. The lowest BCUT2D eigenvalue weighted by Crippen LogP contribution is -2.20. The summed E-state index contributed by atoms with van der Waals surface area (Å²) in [5, 5.41) is 2.84. The van der Waals surface area contributed by atoms with Crippen molar-refractivity contribution < 1.29 is 14.3 Å². The number of ketones is 1. The first kappa shape index (κ1) is 21.1. The molecular formula is C25H24N2O3S. The van der Waals surface area contributed by atoms with Crippen LogP contribution in [0.2, 0.25) is 0 Å². The van der Waals surface area contributed by atoms with Crippen molar-refractivity contribution in [3.05, 3.63) is 83.2 Å². The number of nitrogens with one attached hydrogen (secondary N) is 1. The Kier molecular flexibility index (Phi) is 6.37.